The first-order valence-electron chi connectivity index (χ1n) is 5.82. The van der Waals surface area contributed by atoms with Crippen LogP contribution in [-0.2, 0) is 0 Å². The van der Waals surface area contributed by atoms with Gasteiger partial charge < -0.3 is 10.6 Å². The molecule has 0 heterocycles. The quantitative estimate of drug-likeness (QED) is 0.436. The maximum atomic E-state index is 10.8. The Labute approximate surface area is 106 Å². The molecule has 0 fully saturated rings. The van der Waals surface area contributed by atoms with Gasteiger partial charge in [-0.1, -0.05) is 6.92 Å². The third kappa shape index (κ3) is 4.03. The lowest BCUT2D eigenvalue weighted by Gasteiger charge is -2.08. The Balaban J connectivity index is 2.67. The largest absolute Gasteiger partial charge is 0.378 e. The highest BCUT2D eigenvalue weighted by Crippen LogP contribution is 2.24. The van der Waals surface area contributed by atoms with Gasteiger partial charge in [-0.05, 0) is 25.1 Å². The molecule has 2 N–H and O–H groups in total. The van der Waals surface area contributed by atoms with E-state index in [-0.39, 0.29) is 5.69 Å². The van der Waals surface area contributed by atoms with Gasteiger partial charge >= 0.3 is 0 Å². The average Bonchev–Trinajstić information content (AvgIpc) is 2.38. The topological polar surface area (TPSA) is 91.0 Å². The van der Waals surface area contributed by atoms with Crippen LogP contribution >= 0.6 is 0 Å². The molecule has 0 saturated heterocycles. The molecule has 0 aliphatic heterocycles. The van der Waals surface area contributed by atoms with Gasteiger partial charge in [-0.25, -0.2) is 0 Å². The molecule has 0 atom stereocenters. The summed E-state index contributed by atoms with van der Waals surface area (Å²) in [7, 11) is 0. The van der Waals surface area contributed by atoms with Gasteiger partial charge in [-0.2, -0.15) is 5.26 Å². The molecular formula is C12H16N4O2. The molecule has 0 spiro atoms. The van der Waals surface area contributed by atoms with Crippen molar-refractivity contribution in [3.63, 3.8) is 0 Å². The Morgan fingerprint density at radius 2 is 2.17 bits per heavy atom. The van der Waals surface area contributed by atoms with Crippen molar-refractivity contribution in [3.8, 4) is 6.07 Å². The maximum Gasteiger partial charge on any atom is 0.292 e. The van der Waals surface area contributed by atoms with Gasteiger partial charge in [0, 0.05) is 19.2 Å². The summed E-state index contributed by atoms with van der Waals surface area (Å²) in [6, 6.07) is 6.25. The van der Waals surface area contributed by atoms with Crippen LogP contribution in [0.25, 0.3) is 0 Å². The number of nitrogens with zero attached hydrogens (tertiary/aromatic N) is 2. The monoisotopic (exact) mass is 248 g/mol. The number of nitro groups is 1. The minimum absolute atomic E-state index is 0.00973. The van der Waals surface area contributed by atoms with Crippen LogP contribution in [0.1, 0.15) is 18.9 Å². The summed E-state index contributed by atoms with van der Waals surface area (Å²) in [5.74, 6) is 0. The molecule has 0 unspecified atom stereocenters. The number of anilines is 1. The SMILES string of the molecule is CCCNCCNc1cc(C#N)ccc1[N+](=O)[O-]. The molecule has 1 aromatic rings. The van der Waals surface area contributed by atoms with Crippen LogP contribution < -0.4 is 10.6 Å². The van der Waals surface area contributed by atoms with Gasteiger partial charge in [0.15, 0.2) is 0 Å². The second-order valence-corrected chi connectivity index (χ2v) is 3.78. The van der Waals surface area contributed by atoms with E-state index in [4.69, 9.17) is 5.26 Å². The molecule has 0 aromatic heterocycles. The highest BCUT2D eigenvalue weighted by atomic mass is 16.6. The highest BCUT2D eigenvalue weighted by molar-refractivity contribution is 5.64. The van der Waals surface area contributed by atoms with Crippen LogP contribution in [0.2, 0.25) is 0 Å². The van der Waals surface area contributed by atoms with E-state index in [1.807, 2.05) is 6.07 Å². The van der Waals surface area contributed by atoms with Crippen LogP contribution in [0.15, 0.2) is 18.2 Å². The number of nitrogens with one attached hydrogen (secondary N) is 2. The summed E-state index contributed by atoms with van der Waals surface area (Å²) < 4.78 is 0. The Morgan fingerprint density at radius 1 is 1.39 bits per heavy atom. The van der Waals surface area contributed by atoms with Crippen LogP contribution in [-0.4, -0.2) is 24.6 Å². The number of nitriles is 1. The van der Waals surface area contributed by atoms with E-state index in [1.165, 1.54) is 18.2 Å². The van der Waals surface area contributed by atoms with Gasteiger partial charge in [0.25, 0.3) is 5.69 Å². The average molecular weight is 248 g/mol. The van der Waals surface area contributed by atoms with Gasteiger partial charge in [0.2, 0.25) is 0 Å². The zero-order chi connectivity index (χ0) is 13.4. The Bertz CT molecular complexity index is 454. The van der Waals surface area contributed by atoms with Crippen molar-refractivity contribution in [2.75, 3.05) is 25.0 Å². The molecule has 96 valence electrons. The molecular weight excluding hydrogens is 232 g/mol. The fourth-order valence-corrected chi connectivity index (χ4v) is 1.49. The standard InChI is InChI=1S/C12H16N4O2/c1-2-5-14-6-7-15-11-8-10(9-13)3-4-12(11)16(17)18/h3-4,8,14-15H,2,5-7H2,1H3. The summed E-state index contributed by atoms with van der Waals surface area (Å²) >= 11 is 0. The predicted octanol–water partition coefficient (Wildman–Crippen LogP) is 1.88. The summed E-state index contributed by atoms with van der Waals surface area (Å²) in [6.07, 6.45) is 1.05. The van der Waals surface area contributed by atoms with Crippen molar-refractivity contribution in [2.24, 2.45) is 0 Å². The molecule has 6 nitrogen and oxygen atoms in total. The van der Waals surface area contributed by atoms with E-state index in [0.717, 1.165) is 19.5 Å². The van der Waals surface area contributed by atoms with Gasteiger partial charge in [-0.15, -0.1) is 0 Å². The second-order valence-electron chi connectivity index (χ2n) is 3.78. The third-order valence-electron chi connectivity index (χ3n) is 2.37. The van der Waals surface area contributed by atoms with Crippen molar-refractivity contribution in [2.45, 2.75) is 13.3 Å². The molecule has 18 heavy (non-hydrogen) atoms. The first kappa shape index (κ1) is 13.9. The number of rotatable bonds is 7. The zero-order valence-corrected chi connectivity index (χ0v) is 10.3. The molecule has 0 aliphatic rings. The Morgan fingerprint density at radius 3 is 2.78 bits per heavy atom. The van der Waals surface area contributed by atoms with E-state index in [1.54, 1.807) is 0 Å². The molecule has 1 rings (SSSR count). The van der Waals surface area contributed by atoms with Gasteiger partial charge in [0.05, 0.1) is 16.6 Å². The first-order valence-corrected chi connectivity index (χ1v) is 5.82. The highest BCUT2D eigenvalue weighted by Gasteiger charge is 2.13. The van der Waals surface area contributed by atoms with Crippen molar-refractivity contribution >= 4 is 11.4 Å². The lowest BCUT2D eigenvalue weighted by Crippen LogP contribution is -2.23. The van der Waals surface area contributed by atoms with E-state index in [0.29, 0.717) is 17.8 Å². The van der Waals surface area contributed by atoms with Crippen LogP contribution in [0.5, 0.6) is 0 Å². The fourth-order valence-electron chi connectivity index (χ4n) is 1.49. The number of hydrogen-bond donors (Lipinski definition) is 2. The third-order valence-corrected chi connectivity index (χ3v) is 2.37. The zero-order valence-electron chi connectivity index (χ0n) is 10.3. The molecule has 0 saturated carbocycles. The Kier molecular flexibility index (Phi) is 5.61. The van der Waals surface area contributed by atoms with Crippen molar-refractivity contribution in [3.05, 3.63) is 33.9 Å². The number of hydrogen-bond acceptors (Lipinski definition) is 5. The van der Waals surface area contributed by atoms with Crippen LogP contribution in [0, 0.1) is 21.4 Å². The lowest BCUT2D eigenvalue weighted by molar-refractivity contribution is -0.384. The minimum Gasteiger partial charge on any atom is -0.378 e. The van der Waals surface area contributed by atoms with E-state index < -0.39 is 4.92 Å². The molecule has 0 radical (unpaired) electrons. The minimum atomic E-state index is -0.455. The van der Waals surface area contributed by atoms with E-state index in [9.17, 15) is 10.1 Å². The molecule has 0 amide bonds. The summed E-state index contributed by atoms with van der Waals surface area (Å²) in [4.78, 5) is 10.4. The van der Waals surface area contributed by atoms with E-state index in [2.05, 4.69) is 17.6 Å². The Hall–Kier alpha value is -2.13. The lowest BCUT2D eigenvalue weighted by atomic mass is 10.2. The summed E-state index contributed by atoms with van der Waals surface area (Å²) in [5.41, 5.74) is 0.784. The molecule has 0 aliphatic carbocycles. The fraction of sp³-hybridized carbons (Fsp3) is 0.417. The normalized spacial score (nSPS) is 9.78. The molecule has 1 aromatic carbocycles. The predicted molar refractivity (Wildman–Crippen MR) is 69.5 cm³/mol. The number of benzene rings is 1. The first-order chi connectivity index (χ1) is 8.69. The van der Waals surface area contributed by atoms with Crippen molar-refractivity contribution in [1.82, 2.24) is 5.32 Å². The van der Waals surface area contributed by atoms with Crippen molar-refractivity contribution in [1.29, 1.82) is 5.26 Å². The van der Waals surface area contributed by atoms with Gasteiger partial charge in [0.1, 0.15) is 5.69 Å². The molecule has 0 bridgehead atoms. The van der Waals surface area contributed by atoms with E-state index >= 15 is 0 Å². The smallest absolute Gasteiger partial charge is 0.292 e. The maximum absolute atomic E-state index is 10.8. The summed E-state index contributed by atoms with van der Waals surface area (Å²) in [5, 5.41) is 25.8. The second kappa shape index (κ2) is 7.25. The van der Waals surface area contributed by atoms with Crippen molar-refractivity contribution < 1.29 is 4.92 Å². The molecule has 6 heteroatoms. The van der Waals surface area contributed by atoms with Crippen LogP contribution in [0.3, 0.4) is 0 Å². The van der Waals surface area contributed by atoms with Crippen LogP contribution in [0.4, 0.5) is 11.4 Å². The van der Waals surface area contributed by atoms with Gasteiger partial charge in [-0.3, -0.25) is 10.1 Å². The number of nitro benzene ring substituents is 1. The summed E-state index contributed by atoms with van der Waals surface area (Å²) in [6.45, 7) is 4.29.